The van der Waals surface area contributed by atoms with E-state index in [-0.39, 0.29) is 30.9 Å². The van der Waals surface area contributed by atoms with Gasteiger partial charge < -0.3 is 10.6 Å². The first-order valence-corrected chi connectivity index (χ1v) is 9.39. The predicted octanol–water partition coefficient (Wildman–Crippen LogP) is 3.79. The molecule has 0 aromatic heterocycles. The van der Waals surface area contributed by atoms with Crippen molar-refractivity contribution in [1.29, 1.82) is 0 Å². The molecule has 2 N–H and O–H groups in total. The highest BCUT2D eigenvalue weighted by Gasteiger charge is 2.16. The molecule has 0 heterocycles. The lowest BCUT2D eigenvalue weighted by Crippen LogP contribution is -2.41. The van der Waals surface area contributed by atoms with Crippen molar-refractivity contribution in [2.45, 2.75) is 26.8 Å². The number of amides is 2. The number of anilines is 1. The molecule has 0 fully saturated rings. The Labute approximate surface area is 165 Å². The topological polar surface area (TPSA) is 61.4 Å². The number of carbonyl (C=O) groups is 2. The lowest BCUT2D eigenvalue weighted by atomic mass is 10.1. The number of hydrogen-bond acceptors (Lipinski definition) is 3. The summed E-state index contributed by atoms with van der Waals surface area (Å²) in [6, 6.07) is 15.1. The van der Waals surface area contributed by atoms with Crippen molar-refractivity contribution in [2.75, 3.05) is 25.0 Å². The van der Waals surface area contributed by atoms with E-state index in [0.717, 1.165) is 11.1 Å². The Morgan fingerprint density at radius 3 is 2.41 bits per heavy atom. The molecule has 0 bridgehead atoms. The number of aryl methyl sites for hydroxylation is 1. The van der Waals surface area contributed by atoms with Crippen molar-refractivity contribution in [2.24, 2.45) is 0 Å². The van der Waals surface area contributed by atoms with Crippen LogP contribution in [0.4, 0.5) is 5.69 Å². The minimum absolute atomic E-state index is 0.0830. The summed E-state index contributed by atoms with van der Waals surface area (Å²) in [5, 5.41) is 6.40. The van der Waals surface area contributed by atoms with Gasteiger partial charge in [-0.25, -0.2) is 0 Å². The van der Waals surface area contributed by atoms with Crippen molar-refractivity contribution in [3.8, 4) is 0 Å². The van der Waals surface area contributed by atoms with Crippen LogP contribution in [0.1, 0.15) is 31.0 Å². The molecule has 0 aliphatic carbocycles. The Hall–Kier alpha value is -2.37. The molecular formula is C21H26ClN3O2. The van der Waals surface area contributed by atoms with Gasteiger partial charge in [0.25, 0.3) is 0 Å². The molecule has 144 valence electrons. The molecule has 5 nitrogen and oxygen atoms in total. The highest BCUT2D eigenvalue weighted by atomic mass is 35.5. The van der Waals surface area contributed by atoms with E-state index in [2.05, 4.69) is 10.6 Å². The molecule has 0 unspecified atom stereocenters. The van der Waals surface area contributed by atoms with Gasteiger partial charge in [-0.1, -0.05) is 54.9 Å². The maximum Gasteiger partial charge on any atom is 0.238 e. The molecule has 0 aliphatic rings. The van der Waals surface area contributed by atoms with Gasteiger partial charge in [0.1, 0.15) is 0 Å². The van der Waals surface area contributed by atoms with Crippen molar-refractivity contribution >= 4 is 29.1 Å². The van der Waals surface area contributed by atoms with E-state index >= 15 is 0 Å². The van der Waals surface area contributed by atoms with E-state index in [1.54, 1.807) is 17.0 Å². The standard InChI is InChI=1S/C21H26ClN3O2/c1-4-25(13-20(26)23-16(3)17-8-6-5-7-9-17)14-21(27)24-19-12-18(22)11-10-15(19)2/h5-12,16H,4,13-14H2,1-3H3,(H,23,26)(H,24,27)/t16-/m0/s1. The first-order chi connectivity index (χ1) is 12.9. The molecule has 2 aromatic rings. The van der Waals surface area contributed by atoms with Crippen LogP contribution in [0.25, 0.3) is 0 Å². The smallest absolute Gasteiger partial charge is 0.238 e. The van der Waals surface area contributed by atoms with Crippen LogP contribution in [0.15, 0.2) is 48.5 Å². The van der Waals surface area contributed by atoms with E-state index in [1.807, 2.05) is 57.2 Å². The quantitative estimate of drug-likeness (QED) is 0.724. The average Bonchev–Trinajstić information content (AvgIpc) is 2.64. The van der Waals surface area contributed by atoms with Gasteiger partial charge in [-0.05, 0) is 43.7 Å². The van der Waals surface area contributed by atoms with Crippen LogP contribution >= 0.6 is 11.6 Å². The largest absolute Gasteiger partial charge is 0.348 e. The first-order valence-electron chi connectivity index (χ1n) is 9.01. The number of benzene rings is 2. The van der Waals surface area contributed by atoms with Crippen molar-refractivity contribution < 1.29 is 9.59 Å². The molecule has 6 heteroatoms. The summed E-state index contributed by atoms with van der Waals surface area (Å²) in [5.74, 6) is -0.286. The summed E-state index contributed by atoms with van der Waals surface area (Å²) in [4.78, 5) is 26.5. The Bertz CT molecular complexity index is 780. The monoisotopic (exact) mass is 387 g/mol. The first kappa shape index (κ1) is 20.9. The number of nitrogens with zero attached hydrogens (tertiary/aromatic N) is 1. The minimum Gasteiger partial charge on any atom is -0.348 e. The van der Waals surface area contributed by atoms with E-state index < -0.39 is 0 Å². The molecule has 0 saturated heterocycles. The van der Waals surface area contributed by atoms with Crippen LogP contribution in [0.2, 0.25) is 5.02 Å². The van der Waals surface area contributed by atoms with Crippen LogP contribution in [-0.2, 0) is 9.59 Å². The van der Waals surface area contributed by atoms with Gasteiger partial charge in [-0.2, -0.15) is 0 Å². The zero-order valence-electron chi connectivity index (χ0n) is 16.0. The van der Waals surface area contributed by atoms with E-state index in [0.29, 0.717) is 17.3 Å². The van der Waals surface area contributed by atoms with Gasteiger partial charge in [0.15, 0.2) is 0 Å². The Morgan fingerprint density at radius 1 is 1.07 bits per heavy atom. The number of carbonyl (C=O) groups excluding carboxylic acids is 2. The van der Waals surface area contributed by atoms with E-state index in [1.165, 1.54) is 0 Å². The van der Waals surface area contributed by atoms with E-state index in [9.17, 15) is 9.59 Å². The van der Waals surface area contributed by atoms with Crippen LogP contribution in [0.5, 0.6) is 0 Å². The minimum atomic E-state index is -0.175. The van der Waals surface area contributed by atoms with Crippen molar-refractivity contribution in [3.05, 3.63) is 64.7 Å². The fourth-order valence-electron chi connectivity index (χ4n) is 2.72. The molecule has 2 aromatic carbocycles. The van der Waals surface area contributed by atoms with E-state index in [4.69, 9.17) is 11.6 Å². The van der Waals surface area contributed by atoms with Gasteiger partial charge in [0, 0.05) is 10.7 Å². The number of halogens is 1. The second-order valence-electron chi connectivity index (χ2n) is 6.51. The fourth-order valence-corrected chi connectivity index (χ4v) is 2.89. The third kappa shape index (κ3) is 6.70. The molecule has 0 saturated carbocycles. The highest BCUT2D eigenvalue weighted by Crippen LogP contribution is 2.20. The number of nitrogens with one attached hydrogen (secondary N) is 2. The van der Waals surface area contributed by atoms with Gasteiger partial charge >= 0.3 is 0 Å². The molecule has 1 atom stereocenters. The van der Waals surface area contributed by atoms with Gasteiger partial charge in [-0.15, -0.1) is 0 Å². The molecule has 2 rings (SSSR count). The number of rotatable bonds is 8. The maximum absolute atomic E-state index is 12.3. The summed E-state index contributed by atoms with van der Waals surface area (Å²) in [7, 11) is 0. The zero-order valence-corrected chi connectivity index (χ0v) is 16.7. The fraction of sp³-hybridized carbons (Fsp3) is 0.333. The molecule has 2 amide bonds. The third-order valence-electron chi connectivity index (χ3n) is 4.33. The number of hydrogen-bond donors (Lipinski definition) is 2. The van der Waals surface area contributed by atoms with Crippen LogP contribution < -0.4 is 10.6 Å². The Balaban J connectivity index is 1.87. The summed E-state index contributed by atoms with van der Waals surface area (Å²) in [6.45, 7) is 6.66. The molecule has 0 radical (unpaired) electrons. The second kappa shape index (κ2) is 10.1. The summed E-state index contributed by atoms with van der Waals surface area (Å²) >= 11 is 5.99. The molecule has 0 aliphatic heterocycles. The van der Waals surface area contributed by atoms with Gasteiger partial charge in [0.2, 0.25) is 11.8 Å². The van der Waals surface area contributed by atoms with Crippen LogP contribution in [-0.4, -0.2) is 36.3 Å². The predicted molar refractivity (Wildman–Crippen MR) is 110 cm³/mol. The Kier molecular flexibility index (Phi) is 7.82. The van der Waals surface area contributed by atoms with Crippen LogP contribution in [0, 0.1) is 6.92 Å². The van der Waals surface area contributed by atoms with Gasteiger partial charge in [0.05, 0.1) is 19.1 Å². The normalized spacial score (nSPS) is 11.9. The third-order valence-corrected chi connectivity index (χ3v) is 4.57. The second-order valence-corrected chi connectivity index (χ2v) is 6.95. The summed E-state index contributed by atoms with van der Waals surface area (Å²) < 4.78 is 0. The SMILES string of the molecule is CCN(CC(=O)Nc1cc(Cl)ccc1C)CC(=O)N[C@@H](C)c1ccccc1. The lowest BCUT2D eigenvalue weighted by Gasteiger charge is -2.21. The summed E-state index contributed by atoms with van der Waals surface area (Å²) in [6.07, 6.45) is 0. The molecular weight excluding hydrogens is 362 g/mol. The van der Waals surface area contributed by atoms with Crippen molar-refractivity contribution in [3.63, 3.8) is 0 Å². The van der Waals surface area contributed by atoms with Gasteiger partial charge in [-0.3, -0.25) is 14.5 Å². The lowest BCUT2D eigenvalue weighted by molar-refractivity contribution is -0.123. The zero-order chi connectivity index (χ0) is 19.8. The summed E-state index contributed by atoms with van der Waals surface area (Å²) in [5.41, 5.74) is 2.67. The van der Waals surface area contributed by atoms with Crippen LogP contribution in [0.3, 0.4) is 0 Å². The van der Waals surface area contributed by atoms with Crippen molar-refractivity contribution in [1.82, 2.24) is 10.2 Å². The Morgan fingerprint density at radius 2 is 1.74 bits per heavy atom. The number of likely N-dealkylation sites (N-methyl/N-ethyl adjacent to an activating group) is 1. The average molecular weight is 388 g/mol. The maximum atomic E-state index is 12.3. The molecule has 0 spiro atoms. The molecule has 27 heavy (non-hydrogen) atoms. The highest BCUT2D eigenvalue weighted by molar-refractivity contribution is 6.31.